The summed E-state index contributed by atoms with van der Waals surface area (Å²) >= 11 is 0. The molecule has 1 heterocycles. The Morgan fingerprint density at radius 3 is 2.59 bits per heavy atom. The predicted molar refractivity (Wildman–Crippen MR) is 69.0 cm³/mol. The second-order valence-corrected chi connectivity index (χ2v) is 4.15. The molecule has 0 saturated heterocycles. The van der Waals surface area contributed by atoms with Crippen LogP contribution in [0.2, 0.25) is 0 Å². The zero-order valence-electron chi connectivity index (χ0n) is 11.1. The lowest BCUT2D eigenvalue weighted by Crippen LogP contribution is -2.17. The minimum Gasteiger partial charge on any atom is -0.474 e. The summed E-state index contributed by atoms with van der Waals surface area (Å²) < 4.78 is 5.78. The van der Waals surface area contributed by atoms with Crippen LogP contribution in [0.1, 0.15) is 45.0 Å². The smallest absolute Gasteiger partial charge is 0.222 e. The molecule has 1 rings (SSSR count). The van der Waals surface area contributed by atoms with Gasteiger partial charge in [-0.1, -0.05) is 13.8 Å². The fraction of sp³-hybridized carbons (Fsp3) is 0.667. The Labute approximate surface area is 103 Å². The molecule has 0 radical (unpaired) electrons. The molecule has 0 amide bonds. The van der Waals surface area contributed by atoms with E-state index in [1.54, 1.807) is 0 Å². The van der Waals surface area contributed by atoms with Crippen molar-refractivity contribution in [2.24, 2.45) is 5.84 Å². The topological polar surface area (TPSA) is 73.1 Å². The highest BCUT2D eigenvalue weighted by Gasteiger charge is 2.13. The molecule has 5 heteroatoms. The van der Waals surface area contributed by atoms with Gasteiger partial charge < -0.3 is 10.2 Å². The summed E-state index contributed by atoms with van der Waals surface area (Å²) in [7, 11) is 0. The molecule has 1 atom stereocenters. The van der Waals surface area contributed by atoms with Gasteiger partial charge in [0.1, 0.15) is 11.6 Å². The summed E-state index contributed by atoms with van der Waals surface area (Å²) in [5.74, 6) is 7.49. The van der Waals surface area contributed by atoms with Crippen LogP contribution in [0.15, 0.2) is 0 Å². The van der Waals surface area contributed by atoms with Gasteiger partial charge in [-0.25, -0.2) is 10.8 Å². The third-order valence-corrected chi connectivity index (χ3v) is 2.65. The number of aryl methyl sites for hydroxylation is 1. The average Bonchev–Trinajstić information content (AvgIpc) is 2.33. The molecule has 0 aromatic carbocycles. The minimum atomic E-state index is 0.142. The monoisotopic (exact) mass is 238 g/mol. The number of rotatable bonds is 6. The highest BCUT2D eigenvalue weighted by Crippen LogP contribution is 2.23. The Bertz CT molecular complexity index is 368. The summed E-state index contributed by atoms with van der Waals surface area (Å²) in [5.41, 5.74) is 3.45. The summed E-state index contributed by atoms with van der Waals surface area (Å²) in [6.07, 6.45) is 2.91. The van der Waals surface area contributed by atoms with Crippen molar-refractivity contribution in [2.75, 3.05) is 5.43 Å². The van der Waals surface area contributed by atoms with E-state index in [4.69, 9.17) is 10.6 Å². The third kappa shape index (κ3) is 3.56. The first-order valence-electron chi connectivity index (χ1n) is 6.13. The van der Waals surface area contributed by atoms with E-state index in [0.29, 0.717) is 11.7 Å². The number of hydrogen-bond acceptors (Lipinski definition) is 5. The van der Waals surface area contributed by atoms with Crippen LogP contribution in [-0.4, -0.2) is 16.1 Å². The highest BCUT2D eigenvalue weighted by molar-refractivity contribution is 5.47. The summed E-state index contributed by atoms with van der Waals surface area (Å²) in [5, 5.41) is 0. The van der Waals surface area contributed by atoms with Crippen LogP contribution in [0.4, 0.5) is 5.82 Å². The van der Waals surface area contributed by atoms with Crippen molar-refractivity contribution >= 4 is 5.82 Å². The van der Waals surface area contributed by atoms with Crippen LogP contribution < -0.4 is 16.0 Å². The van der Waals surface area contributed by atoms with Gasteiger partial charge in [0.25, 0.3) is 0 Å². The molecule has 1 aromatic heterocycles. The fourth-order valence-corrected chi connectivity index (χ4v) is 1.40. The Hall–Kier alpha value is -1.36. The maximum Gasteiger partial charge on any atom is 0.222 e. The van der Waals surface area contributed by atoms with Gasteiger partial charge in [0.05, 0.1) is 11.7 Å². The summed E-state index contributed by atoms with van der Waals surface area (Å²) in [4.78, 5) is 8.78. The molecule has 1 unspecified atom stereocenters. The zero-order chi connectivity index (χ0) is 12.8. The van der Waals surface area contributed by atoms with E-state index in [2.05, 4.69) is 29.2 Å². The first-order chi connectivity index (χ1) is 8.12. The van der Waals surface area contributed by atoms with Gasteiger partial charge in [-0.05, 0) is 26.7 Å². The van der Waals surface area contributed by atoms with E-state index in [1.165, 1.54) is 0 Å². The lowest BCUT2D eigenvalue weighted by atomic mass is 10.2. The lowest BCUT2D eigenvalue weighted by molar-refractivity contribution is 0.206. The molecule has 17 heavy (non-hydrogen) atoms. The predicted octanol–water partition coefficient (Wildman–Crippen LogP) is 2.20. The van der Waals surface area contributed by atoms with Gasteiger partial charge in [0.15, 0.2) is 0 Å². The van der Waals surface area contributed by atoms with Crippen molar-refractivity contribution in [1.82, 2.24) is 9.97 Å². The maximum absolute atomic E-state index is 5.78. The minimum absolute atomic E-state index is 0.142. The van der Waals surface area contributed by atoms with Gasteiger partial charge in [0.2, 0.25) is 5.88 Å². The van der Waals surface area contributed by atoms with Crippen molar-refractivity contribution in [1.29, 1.82) is 0 Å². The van der Waals surface area contributed by atoms with E-state index in [-0.39, 0.29) is 6.10 Å². The Morgan fingerprint density at radius 2 is 2.06 bits per heavy atom. The molecule has 0 aliphatic rings. The van der Waals surface area contributed by atoms with Crippen LogP contribution in [0.5, 0.6) is 5.88 Å². The van der Waals surface area contributed by atoms with Crippen molar-refractivity contribution in [3.8, 4) is 5.88 Å². The second kappa shape index (κ2) is 6.39. The maximum atomic E-state index is 5.78. The summed E-state index contributed by atoms with van der Waals surface area (Å²) in [6, 6.07) is 0. The Balaban J connectivity index is 3.04. The van der Waals surface area contributed by atoms with Crippen molar-refractivity contribution in [3.05, 3.63) is 11.4 Å². The molecule has 0 saturated carbocycles. The molecule has 1 aromatic rings. The van der Waals surface area contributed by atoms with E-state index in [9.17, 15) is 0 Å². The quantitative estimate of drug-likeness (QED) is 0.587. The van der Waals surface area contributed by atoms with Crippen molar-refractivity contribution < 1.29 is 4.74 Å². The fourth-order valence-electron chi connectivity index (χ4n) is 1.40. The van der Waals surface area contributed by atoms with E-state index in [0.717, 1.165) is 30.7 Å². The van der Waals surface area contributed by atoms with E-state index < -0.39 is 0 Å². The largest absolute Gasteiger partial charge is 0.474 e. The number of hydrogen-bond donors (Lipinski definition) is 2. The molecular weight excluding hydrogens is 216 g/mol. The number of aromatic nitrogens is 2. The zero-order valence-corrected chi connectivity index (χ0v) is 11.1. The molecule has 0 aliphatic heterocycles. The average molecular weight is 238 g/mol. The van der Waals surface area contributed by atoms with Crippen LogP contribution in [0, 0.1) is 6.92 Å². The first kappa shape index (κ1) is 13.7. The Kier molecular flexibility index (Phi) is 5.15. The Morgan fingerprint density at radius 1 is 1.35 bits per heavy atom. The molecule has 5 nitrogen and oxygen atoms in total. The number of anilines is 1. The molecule has 3 N–H and O–H groups in total. The molecule has 0 fully saturated rings. The first-order valence-corrected chi connectivity index (χ1v) is 6.13. The van der Waals surface area contributed by atoms with Crippen LogP contribution in [-0.2, 0) is 6.42 Å². The van der Waals surface area contributed by atoms with E-state index >= 15 is 0 Å². The number of hydrazine groups is 1. The molecule has 0 spiro atoms. The van der Waals surface area contributed by atoms with Crippen LogP contribution >= 0.6 is 0 Å². The van der Waals surface area contributed by atoms with Crippen LogP contribution in [0.3, 0.4) is 0 Å². The number of nitrogen functional groups attached to an aromatic ring is 1. The molecular formula is C12H22N4O. The molecule has 0 bridgehead atoms. The number of nitrogens with one attached hydrogen (secondary N) is 1. The molecule has 0 aliphatic carbocycles. The van der Waals surface area contributed by atoms with E-state index in [1.807, 2.05) is 13.8 Å². The normalized spacial score (nSPS) is 12.3. The second-order valence-electron chi connectivity index (χ2n) is 4.15. The van der Waals surface area contributed by atoms with Gasteiger partial charge in [-0.3, -0.25) is 0 Å². The summed E-state index contributed by atoms with van der Waals surface area (Å²) in [6.45, 7) is 8.10. The number of nitrogens with zero attached hydrogens (tertiary/aromatic N) is 2. The standard InChI is InChI=1S/C12H22N4O/c1-5-7-10-14-11(16-13)9(4)12(15-10)17-8(3)6-2/h8H,5-7,13H2,1-4H3,(H,14,15,16). The number of ether oxygens (including phenoxy) is 1. The SMILES string of the molecule is CCCc1nc(NN)c(C)c(OC(C)CC)n1. The van der Waals surface area contributed by atoms with Crippen molar-refractivity contribution in [3.63, 3.8) is 0 Å². The van der Waals surface area contributed by atoms with Crippen LogP contribution in [0.25, 0.3) is 0 Å². The lowest BCUT2D eigenvalue weighted by Gasteiger charge is -2.16. The third-order valence-electron chi connectivity index (χ3n) is 2.65. The molecule has 96 valence electrons. The van der Waals surface area contributed by atoms with Crippen molar-refractivity contribution in [2.45, 2.75) is 53.1 Å². The van der Waals surface area contributed by atoms with Gasteiger partial charge in [-0.2, -0.15) is 4.98 Å². The highest BCUT2D eigenvalue weighted by atomic mass is 16.5. The van der Waals surface area contributed by atoms with Gasteiger partial charge >= 0.3 is 0 Å². The number of nitrogens with two attached hydrogens (primary N) is 1. The van der Waals surface area contributed by atoms with Gasteiger partial charge in [-0.15, -0.1) is 0 Å². The van der Waals surface area contributed by atoms with Gasteiger partial charge in [0, 0.05) is 6.42 Å².